The zero-order valence-electron chi connectivity index (χ0n) is 9.55. The third-order valence-electron chi connectivity index (χ3n) is 3.29. The molecular formula is C12H17NO2S. The molecule has 88 valence electrons. The molecule has 3 atom stereocenters. The van der Waals surface area contributed by atoms with Crippen molar-refractivity contribution in [1.29, 1.82) is 0 Å². The third kappa shape index (κ3) is 1.87. The van der Waals surface area contributed by atoms with E-state index < -0.39 is 9.84 Å². The predicted octanol–water partition coefficient (Wildman–Crippen LogP) is 1.22. The lowest BCUT2D eigenvalue weighted by Crippen LogP contribution is -2.17. The van der Waals surface area contributed by atoms with Gasteiger partial charge in [0.25, 0.3) is 0 Å². The summed E-state index contributed by atoms with van der Waals surface area (Å²) in [7, 11) is -3.01. The lowest BCUT2D eigenvalue weighted by molar-refractivity contribution is 0.594. The van der Waals surface area contributed by atoms with E-state index in [0.717, 1.165) is 5.56 Å². The molecule has 16 heavy (non-hydrogen) atoms. The first kappa shape index (κ1) is 11.6. The summed E-state index contributed by atoms with van der Waals surface area (Å²) in [5, 5.41) is -0.375. The molecule has 0 heterocycles. The van der Waals surface area contributed by atoms with Crippen LogP contribution in [0.3, 0.4) is 0 Å². The van der Waals surface area contributed by atoms with E-state index in [4.69, 9.17) is 5.73 Å². The van der Waals surface area contributed by atoms with E-state index in [0.29, 0.717) is 0 Å². The van der Waals surface area contributed by atoms with Crippen molar-refractivity contribution in [2.45, 2.75) is 31.1 Å². The summed E-state index contributed by atoms with van der Waals surface area (Å²) in [5.41, 5.74) is 8.08. The largest absolute Gasteiger partial charge is 0.326 e. The second-order valence-corrected chi connectivity index (χ2v) is 6.88. The quantitative estimate of drug-likeness (QED) is 0.863. The number of sulfone groups is 1. The van der Waals surface area contributed by atoms with Gasteiger partial charge < -0.3 is 5.73 Å². The van der Waals surface area contributed by atoms with E-state index in [1.165, 1.54) is 5.56 Å². The number of hydrogen-bond donors (Lipinski definition) is 1. The number of benzene rings is 1. The lowest BCUT2D eigenvalue weighted by Gasteiger charge is -2.01. The van der Waals surface area contributed by atoms with Crippen molar-refractivity contribution in [2.24, 2.45) is 5.73 Å². The topological polar surface area (TPSA) is 60.2 Å². The fourth-order valence-electron chi connectivity index (χ4n) is 2.16. The fraction of sp³-hybridized carbons (Fsp3) is 0.500. The summed E-state index contributed by atoms with van der Waals surface area (Å²) in [5.74, 6) is 0.166. The smallest absolute Gasteiger partial charge is 0.155 e. The Morgan fingerprint density at radius 1 is 1.25 bits per heavy atom. The molecule has 0 unspecified atom stereocenters. The second-order valence-electron chi connectivity index (χ2n) is 4.43. The predicted molar refractivity (Wildman–Crippen MR) is 65.1 cm³/mol. The molecule has 0 spiro atoms. The fourth-order valence-corrected chi connectivity index (χ4v) is 3.89. The first-order valence-corrected chi connectivity index (χ1v) is 7.22. The van der Waals surface area contributed by atoms with E-state index in [2.05, 4.69) is 0 Å². The molecule has 0 radical (unpaired) electrons. The molecule has 2 N–H and O–H groups in total. The van der Waals surface area contributed by atoms with Gasteiger partial charge in [-0.3, -0.25) is 0 Å². The Bertz CT molecular complexity index is 478. The van der Waals surface area contributed by atoms with Crippen molar-refractivity contribution < 1.29 is 8.42 Å². The molecule has 1 aliphatic carbocycles. The minimum Gasteiger partial charge on any atom is -0.326 e. The number of hydrogen-bond acceptors (Lipinski definition) is 3. The highest BCUT2D eigenvalue weighted by molar-refractivity contribution is 7.92. The van der Waals surface area contributed by atoms with Gasteiger partial charge in [-0.25, -0.2) is 8.42 Å². The molecule has 3 nitrogen and oxygen atoms in total. The van der Waals surface area contributed by atoms with E-state index in [1.807, 2.05) is 31.2 Å². The van der Waals surface area contributed by atoms with Gasteiger partial charge in [0.1, 0.15) is 0 Å². The van der Waals surface area contributed by atoms with Gasteiger partial charge >= 0.3 is 0 Å². The molecule has 1 aromatic carbocycles. The van der Waals surface area contributed by atoms with Crippen LogP contribution in [0.15, 0.2) is 24.3 Å². The van der Waals surface area contributed by atoms with E-state index in [1.54, 1.807) is 6.92 Å². The van der Waals surface area contributed by atoms with Crippen LogP contribution >= 0.6 is 0 Å². The van der Waals surface area contributed by atoms with Crippen molar-refractivity contribution in [2.75, 3.05) is 5.75 Å². The van der Waals surface area contributed by atoms with Crippen molar-refractivity contribution >= 4 is 9.84 Å². The maximum Gasteiger partial charge on any atom is 0.155 e. The summed E-state index contributed by atoms with van der Waals surface area (Å²) < 4.78 is 23.5. The van der Waals surface area contributed by atoms with Crippen LogP contribution in [-0.2, 0) is 9.84 Å². The van der Waals surface area contributed by atoms with E-state index >= 15 is 0 Å². The average molecular weight is 239 g/mol. The monoisotopic (exact) mass is 239 g/mol. The summed E-state index contributed by atoms with van der Waals surface area (Å²) in [4.78, 5) is 0. The Labute approximate surface area is 96.6 Å². The van der Waals surface area contributed by atoms with Crippen molar-refractivity contribution in [3.8, 4) is 0 Å². The van der Waals surface area contributed by atoms with Crippen LogP contribution in [0.25, 0.3) is 0 Å². The standard InChI is InChI=1S/C12H17NO2S/c1-3-16(14,15)12-10(11(12)13)9-6-4-8(2)5-7-9/h4-7,10-12H,3,13H2,1-2H3/t10-,11+,12-/m0/s1. The highest BCUT2D eigenvalue weighted by atomic mass is 32.2. The van der Waals surface area contributed by atoms with Gasteiger partial charge in [-0.05, 0) is 12.5 Å². The van der Waals surface area contributed by atoms with Crippen LogP contribution < -0.4 is 5.73 Å². The summed E-state index contributed by atoms with van der Waals surface area (Å²) in [6.07, 6.45) is 0. The van der Waals surface area contributed by atoms with E-state index in [9.17, 15) is 8.42 Å². The minimum atomic E-state index is -3.01. The Balaban J connectivity index is 2.24. The molecule has 0 aromatic heterocycles. The number of rotatable bonds is 3. The van der Waals surface area contributed by atoms with Crippen LogP contribution in [0.2, 0.25) is 0 Å². The Kier molecular flexibility index (Phi) is 2.80. The van der Waals surface area contributed by atoms with Crippen LogP contribution in [-0.4, -0.2) is 25.5 Å². The molecule has 0 bridgehead atoms. The van der Waals surface area contributed by atoms with Crippen molar-refractivity contribution in [3.63, 3.8) is 0 Å². The lowest BCUT2D eigenvalue weighted by atomic mass is 10.1. The third-order valence-corrected chi connectivity index (χ3v) is 5.53. The molecule has 0 amide bonds. The minimum absolute atomic E-state index is 0.00875. The molecule has 0 aliphatic heterocycles. The maximum absolute atomic E-state index is 11.7. The molecule has 1 aliphatic rings. The molecule has 1 saturated carbocycles. The number of aryl methyl sites for hydroxylation is 1. The molecule has 0 saturated heterocycles. The molecule has 4 heteroatoms. The van der Waals surface area contributed by atoms with Gasteiger partial charge in [0, 0.05) is 17.7 Å². The van der Waals surface area contributed by atoms with E-state index in [-0.39, 0.29) is 23.0 Å². The molecule has 1 aromatic rings. The molecular weight excluding hydrogens is 222 g/mol. The zero-order chi connectivity index (χ0) is 11.9. The normalized spacial score (nSPS) is 29.1. The summed E-state index contributed by atoms with van der Waals surface area (Å²) in [6, 6.07) is 7.72. The van der Waals surface area contributed by atoms with Crippen LogP contribution in [0.1, 0.15) is 24.0 Å². The van der Waals surface area contributed by atoms with Crippen molar-refractivity contribution in [1.82, 2.24) is 0 Å². The van der Waals surface area contributed by atoms with Crippen LogP contribution in [0.5, 0.6) is 0 Å². The zero-order valence-corrected chi connectivity index (χ0v) is 10.4. The maximum atomic E-state index is 11.7. The summed E-state index contributed by atoms with van der Waals surface area (Å²) in [6.45, 7) is 3.68. The molecule has 1 fully saturated rings. The molecule has 2 rings (SSSR count). The van der Waals surface area contributed by atoms with Gasteiger partial charge in [-0.15, -0.1) is 0 Å². The van der Waals surface area contributed by atoms with Gasteiger partial charge in [-0.1, -0.05) is 36.8 Å². The first-order valence-electron chi connectivity index (χ1n) is 5.51. The summed E-state index contributed by atoms with van der Waals surface area (Å²) >= 11 is 0. The highest BCUT2D eigenvalue weighted by Crippen LogP contribution is 2.45. The van der Waals surface area contributed by atoms with Gasteiger partial charge in [-0.2, -0.15) is 0 Å². The average Bonchev–Trinajstić information content (AvgIpc) is 2.92. The number of nitrogens with two attached hydrogens (primary N) is 1. The Hall–Kier alpha value is -0.870. The first-order chi connectivity index (χ1) is 7.47. The highest BCUT2D eigenvalue weighted by Gasteiger charge is 2.55. The van der Waals surface area contributed by atoms with Gasteiger partial charge in [0.15, 0.2) is 9.84 Å². The SMILES string of the molecule is CCS(=O)(=O)[C@@H]1[C@H](N)[C@@H]1c1ccc(C)cc1. The van der Waals surface area contributed by atoms with Gasteiger partial charge in [0.2, 0.25) is 0 Å². The van der Waals surface area contributed by atoms with Gasteiger partial charge in [0.05, 0.1) is 5.25 Å². The van der Waals surface area contributed by atoms with Crippen LogP contribution in [0, 0.1) is 6.92 Å². The Morgan fingerprint density at radius 2 is 1.81 bits per heavy atom. The Morgan fingerprint density at radius 3 is 2.31 bits per heavy atom. The van der Waals surface area contributed by atoms with Crippen LogP contribution in [0.4, 0.5) is 0 Å². The van der Waals surface area contributed by atoms with Crippen molar-refractivity contribution in [3.05, 3.63) is 35.4 Å². The second kappa shape index (κ2) is 3.86.